The standard InChI is InChI=1S/C19H30N2/c1-14-9-11-16(12-10-14)15(2)21-19-8-5-6-17(19)18-7-3-4-13-20-18/h9-12,15,17-21H,3-8,13H2,1-2H3/t15-,17?,18?,19?/m1/s1. The fraction of sp³-hybridized carbons (Fsp3) is 0.684. The molecule has 1 heterocycles. The van der Waals surface area contributed by atoms with E-state index in [0.29, 0.717) is 12.1 Å². The van der Waals surface area contributed by atoms with E-state index in [0.717, 1.165) is 12.0 Å². The molecule has 2 nitrogen and oxygen atoms in total. The molecule has 1 aliphatic heterocycles. The average Bonchev–Trinajstić information content (AvgIpc) is 2.97. The van der Waals surface area contributed by atoms with Gasteiger partial charge in [0.25, 0.3) is 0 Å². The summed E-state index contributed by atoms with van der Waals surface area (Å²) in [6.07, 6.45) is 8.29. The maximum Gasteiger partial charge on any atom is 0.0294 e. The molecule has 0 spiro atoms. The molecule has 2 heteroatoms. The third-order valence-corrected chi connectivity index (χ3v) is 5.48. The smallest absolute Gasteiger partial charge is 0.0294 e. The lowest BCUT2D eigenvalue weighted by Crippen LogP contribution is -2.47. The molecule has 2 aliphatic rings. The molecular weight excluding hydrogens is 256 g/mol. The van der Waals surface area contributed by atoms with Crippen molar-refractivity contribution in [3.8, 4) is 0 Å². The zero-order valence-electron chi connectivity index (χ0n) is 13.6. The van der Waals surface area contributed by atoms with Gasteiger partial charge in [0.1, 0.15) is 0 Å². The first-order valence-corrected chi connectivity index (χ1v) is 8.80. The maximum atomic E-state index is 3.92. The lowest BCUT2D eigenvalue weighted by Gasteiger charge is -2.34. The fourth-order valence-electron chi connectivity index (χ4n) is 4.19. The molecule has 0 aromatic heterocycles. The van der Waals surface area contributed by atoms with Crippen molar-refractivity contribution < 1.29 is 0 Å². The number of piperidine rings is 1. The number of benzene rings is 1. The summed E-state index contributed by atoms with van der Waals surface area (Å²) < 4.78 is 0. The van der Waals surface area contributed by atoms with Gasteiger partial charge in [0.15, 0.2) is 0 Å². The van der Waals surface area contributed by atoms with Gasteiger partial charge in [-0.2, -0.15) is 0 Å². The van der Waals surface area contributed by atoms with Crippen LogP contribution in [0.3, 0.4) is 0 Å². The van der Waals surface area contributed by atoms with Gasteiger partial charge in [0.05, 0.1) is 0 Å². The van der Waals surface area contributed by atoms with Gasteiger partial charge in [0, 0.05) is 18.1 Å². The first-order valence-electron chi connectivity index (χ1n) is 8.80. The van der Waals surface area contributed by atoms with Crippen LogP contribution in [0.2, 0.25) is 0 Å². The van der Waals surface area contributed by atoms with Gasteiger partial charge >= 0.3 is 0 Å². The summed E-state index contributed by atoms with van der Waals surface area (Å²) in [5.74, 6) is 0.832. The highest BCUT2D eigenvalue weighted by atomic mass is 15.0. The van der Waals surface area contributed by atoms with Crippen LogP contribution < -0.4 is 10.6 Å². The second kappa shape index (κ2) is 6.93. The molecule has 3 rings (SSSR count). The number of hydrogen-bond acceptors (Lipinski definition) is 2. The van der Waals surface area contributed by atoms with Crippen molar-refractivity contribution in [3.63, 3.8) is 0 Å². The van der Waals surface area contributed by atoms with E-state index in [1.54, 1.807) is 0 Å². The minimum atomic E-state index is 0.458. The van der Waals surface area contributed by atoms with E-state index in [2.05, 4.69) is 48.7 Å². The maximum absolute atomic E-state index is 3.92. The summed E-state index contributed by atoms with van der Waals surface area (Å²) in [7, 11) is 0. The zero-order chi connectivity index (χ0) is 14.7. The summed E-state index contributed by atoms with van der Waals surface area (Å²) in [6, 6.07) is 10.9. The highest BCUT2D eigenvalue weighted by Crippen LogP contribution is 2.33. The highest BCUT2D eigenvalue weighted by Gasteiger charge is 2.34. The van der Waals surface area contributed by atoms with E-state index < -0.39 is 0 Å². The van der Waals surface area contributed by atoms with Gasteiger partial charge in [-0.1, -0.05) is 42.7 Å². The van der Waals surface area contributed by atoms with Crippen LogP contribution in [-0.4, -0.2) is 18.6 Å². The Labute approximate surface area is 129 Å². The Bertz CT molecular complexity index is 433. The Balaban J connectivity index is 1.61. The van der Waals surface area contributed by atoms with Crippen LogP contribution >= 0.6 is 0 Å². The molecule has 3 unspecified atom stereocenters. The van der Waals surface area contributed by atoms with Gasteiger partial charge in [-0.25, -0.2) is 0 Å². The summed E-state index contributed by atoms with van der Waals surface area (Å²) in [6.45, 7) is 5.69. The molecule has 1 saturated carbocycles. The Kier molecular flexibility index (Phi) is 4.97. The molecule has 0 radical (unpaired) electrons. The summed E-state index contributed by atoms with van der Waals surface area (Å²) >= 11 is 0. The van der Waals surface area contributed by atoms with E-state index in [9.17, 15) is 0 Å². The Hall–Kier alpha value is -0.860. The highest BCUT2D eigenvalue weighted by molar-refractivity contribution is 5.23. The van der Waals surface area contributed by atoms with Gasteiger partial charge in [-0.05, 0) is 57.6 Å². The summed E-state index contributed by atoms with van der Waals surface area (Å²) in [5, 5.41) is 7.69. The SMILES string of the molecule is Cc1ccc([C@@H](C)NC2CCCC2C2CCCCN2)cc1. The second-order valence-electron chi connectivity index (χ2n) is 7.06. The van der Waals surface area contributed by atoms with Gasteiger partial charge < -0.3 is 10.6 Å². The number of aryl methyl sites for hydroxylation is 1. The zero-order valence-corrected chi connectivity index (χ0v) is 13.6. The van der Waals surface area contributed by atoms with Crippen LogP contribution in [0.5, 0.6) is 0 Å². The molecule has 2 N–H and O–H groups in total. The van der Waals surface area contributed by atoms with E-state index in [-0.39, 0.29) is 0 Å². The van der Waals surface area contributed by atoms with Crippen molar-refractivity contribution in [2.75, 3.05) is 6.54 Å². The molecule has 1 aromatic carbocycles. The molecule has 1 aromatic rings. The van der Waals surface area contributed by atoms with Crippen LogP contribution in [0.25, 0.3) is 0 Å². The number of hydrogen-bond donors (Lipinski definition) is 2. The quantitative estimate of drug-likeness (QED) is 0.875. The van der Waals surface area contributed by atoms with Crippen molar-refractivity contribution in [2.24, 2.45) is 5.92 Å². The third kappa shape index (κ3) is 3.67. The average molecular weight is 286 g/mol. The fourth-order valence-corrected chi connectivity index (χ4v) is 4.19. The van der Waals surface area contributed by atoms with E-state index >= 15 is 0 Å². The predicted molar refractivity (Wildman–Crippen MR) is 89.5 cm³/mol. The first-order chi connectivity index (χ1) is 10.2. The van der Waals surface area contributed by atoms with Crippen LogP contribution in [-0.2, 0) is 0 Å². The monoisotopic (exact) mass is 286 g/mol. The van der Waals surface area contributed by atoms with Crippen LogP contribution in [0, 0.1) is 12.8 Å². The van der Waals surface area contributed by atoms with Crippen molar-refractivity contribution >= 4 is 0 Å². The van der Waals surface area contributed by atoms with E-state index in [1.807, 2.05) is 0 Å². The Morgan fingerprint density at radius 3 is 2.57 bits per heavy atom. The largest absolute Gasteiger partial charge is 0.314 e. The lowest BCUT2D eigenvalue weighted by molar-refractivity contribution is 0.248. The lowest BCUT2D eigenvalue weighted by atomic mass is 9.88. The molecule has 0 bridgehead atoms. The van der Waals surface area contributed by atoms with Gasteiger partial charge in [-0.15, -0.1) is 0 Å². The molecular formula is C19H30N2. The van der Waals surface area contributed by atoms with Crippen LogP contribution in [0.4, 0.5) is 0 Å². The van der Waals surface area contributed by atoms with Crippen LogP contribution in [0.15, 0.2) is 24.3 Å². The number of nitrogens with one attached hydrogen (secondary N) is 2. The number of rotatable bonds is 4. The van der Waals surface area contributed by atoms with Crippen molar-refractivity contribution in [1.82, 2.24) is 10.6 Å². The molecule has 116 valence electrons. The topological polar surface area (TPSA) is 24.1 Å². The van der Waals surface area contributed by atoms with Crippen LogP contribution in [0.1, 0.15) is 62.6 Å². The third-order valence-electron chi connectivity index (χ3n) is 5.48. The summed E-state index contributed by atoms with van der Waals surface area (Å²) in [5.41, 5.74) is 2.76. The molecule has 1 aliphatic carbocycles. The van der Waals surface area contributed by atoms with Crippen molar-refractivity contribution in [1.29, 1.82) is 0 Å². The second-order valence-corrected chi connectivity index (χ2v) is 7.06. The van der Waals surface area contributed by atoms with Gasteiger partial charge in [-0.3, -0.25) is 0 Å². The van der Waals surface area contributed by atoms with Crippen molar-refractivity contribution in [2.45, 2.75) is 70.5 Å². The molecule has 21 heavy (non-hydrogen) atoms. The molecule has 2 fully saturated rings. The first kappa shape index (κ1) is 15.1. The minimum absolute atomic E-state index is 0.458. The molecule has 1 saturated heterocycles. The minimum Gasteiger partial charge on any atom is -0.314 e. The normalized spacial score (nSPS) is 31.2. The van der Waals surface area contributed by atoms with Crippen molar-refractivity contribution in [3.05, 3.63) is 35.4 Å². The van der Waals surface area contributed by atoms with E-state index in [4.69, 9.17) is 0 Å². The van der Waals surface area contributed by atoms with Gasteiger partial charge in [0.2, 0.25) is 0 Å². The molecule has 0 amide bonds. The Morgan fingerprint density at radius 1 is 1.05 bits per heavy atom. The Morgan fingerprint density at radius 2 is 1.86 bits per heavy atom. The van der Waals surface area contributed by atoms with E-state index in [1.165, 1.54) is 56.2 Å². The summed E-state index contributed by atoms with van der Waals surface area (Å²) in [4.78, 5) is 0. The predicted octanol–water partition coefficient (Wildman–Crippen LogP) is 3.96. The molecule has 4 atom stereocenters.